The summed E-state index contributed by atoms with van der Waals surface area (Å²) in [6.45, 7) is 0. The van der Waals surface area contributed by atoms with Crippen LogP contribution in [0.3, 0.4) is 0 Å². The third-order valence-corrected chi connectivity index (χ3v) is 10.9. The molecule has 50 heavy (non-hydrogen) atoms. The van der Waals surface area contributed by atoms with Gasteiger partial charge in [0, 0.05) is 60.2 Å². The number of nitrogens with zero attached hydrogens (tertiary/aromatic N) is 3. The molecule has 10 rings (SSSR count). The minimum absolute atomic E-state index is 0.968. The van der Waals surface area contributed by atoms with E-state index in [1.807, 2.05) is 48.0 Å². The average Bonchev–Trinajstić information content (AvgIpc) is 3.73. The van der Waals surface area contributed by atoms with Crippen molar-refractivity contribution in [2.45, 2.75) is 0 Å². The highest BCUT2D eigenvalue weighted by Crippen LogP contribution is 2.42. The summed E-state index contributed by atoms with van der Waals surface area (Å²) in [5, 5.41) is 5.01. The van der Waals surface area contributed by atoms with Crippen molar-refractivity contribution in [3.8, 4) is 50.5 Å². The zero-order chi connectivity index (χ0) is 33.0. The number of aromatic nitrogens is 3. The van der Waals surface area contributed by atoms with E-state index in [9.17, 15) is 0 Å². The Morgan fingerprint density at radius 1 is 0.380 bits per heavy atom. The highest BCUT2D eigenvalue weighted by Gasteiger charge is 2.18. The lowest BCUT2D eigenvalue weighted by Gasteiger charge is -2.11. The van der Waals surface area contributed by atoms with Crippen LogP contribution in [-0.4, -0.2) is 14.5 Å². The Morgan fingerprint density at radius 2 is 0.900 bits per heavy atom. The van der Waals surface area contributed by atoms with Crippen LogP contribution >= 0.6 is 11.3 Å². The highest BCUT2D eigenvalue weighted by atomic mass is 32.1. The van der Waals surface area contributed by atoms with Crippen molar-refractivity contribution in [3.63, 3.8) is 0 Å². The van der Waals surface area contributed by atoms with E-state index in [-0.39, 0.29) is 0 Å². The van der Waals surface area contributed by atoms with E-state index < -0.39 is 0 Å². The van der Waals surface area contributed by atoms with Crippen LogP contribution in [0.5, 0.6) is 0 Å². The van der Waals surface area contributed by atoms with Crippen LogP contribution in [0.4, 0.5) is 0 Å². The summed E-state index contributed by atoms with van der Waals surface area (Å²) in [5.41, 5.74) is 12.3. The molecular formula is C46H29N3S. The van der Waals surface area contributed by atoms with E-state index >= 15 is 0 Å². The van der Waals surface area contributed by atoms with E-state index in [0.717, 1.165) is 50.5 Å². The molecule has 0 spiro atoms. The topological polar surface area (TPSA) is 30.7 Å². The molecule has 0 amide bonds. The second kappa shape index (κ2) is 11.7. The molecule has 6 aromatic carbocycles. The first-order valence-corrected chi connectivity index (χ1v) is 17.6. The smallest absolute Gasteiger partial charge is 0.0708 e. The summed E-state index contributed by atoms with van der Waals surface area (Å²) < 4.78 is 5.05. The number of pyridine rings is 2. The van der Waals surface area contributed by atoms with Crippen LogP contribution in [0.25, 0.3) is 92.4 Å². The van der Waals surface area contributed by atoms with Crippen LogP contribution in [0.15, 0.2) is 176 Å². The van der Waals surface area contributed by atoms with Crippen LogP contribution in [-0.2, 0) is 0 Å². The number of hydrogen-bond donors (Lipinski definition) is 0. The zero-order valence-corrected chi connectivity index (χ0v) is 27.8. The predicted octanol–water partition coefficient (Wildman–Crippen LogP) is 12.6. The summed E-state index contributed by atoms with van der Waals surface area (Å²) >= 11 is 1.85. The summed E-state index contributed by atoms with van der Waals surface area (Å²) in [4.78, 5) is 9.41. The lowest BCUT2D eigenvalue weighted by atomic mass is 9.94. The molecule has 0 bridgehead atoms. The Balaban J connectivity index is 1.24. The minimum atomic E-state index is 0.968. The molecule has 4 aromatic heterocycles. The third-order valence-electron chi connectivity index (χ3n) is 9.74. The SMILES string of the molecule is c1ccc(-c2ccccc2-c2ccc3c(c2)c2cc(-c4ccccc4-c4ccccn4)ccc2n3-c2ccc3sc4ccccc4c3c2)nc1. The van der Waals surface area contributed by atoms with E-state index in [2.05, 4.69) is 144 Å². The first-order chi connectivity index (χ1) is 24.8. The lowest BCUT2D eigenvalue weighted by molar-refractivity contribution is 1.19. The van der Waals surface area contributed by atoms with Crippen LogP contribution < -0.4 is 0 Å². The molecule has 0 aliphatic rings. The standard InChI is InChI=1S/C46H29N3S/c1-3-13-35(41-16-7-9-25-47-41)33(11-1)30-19-22-43-38(27-30)39-28-31(34-12-2-4-14-36(34)42-17-8-10-26-48-42)20-23-44(39)49(43)32-21-24-46-40(29-32)37-15-5-6-18-45(37)50-46/h1-29H. The molecule has 0 atom stereocenters. The molecule has 0 N–H and O–H groups in total. The van der Waals surface area contributed by atoms with Crippen molar-refractivity contribution >= 4 is 53.3 Å². The van der Waals surface area contributed by atoms with E-state index in [1.54, 1.807) is 0 Å². The molecule has 3 nitrogen and oxygen atoms in total. The van der Waals surface area contributed by atoms with Gasteiger partial charge in [-0.1, -0.05) is 91.0 Å². The molecule has 0 aliphatic heterocycles. The Labute approximate surface area is 293 Å². The zero-order valence-electron chi connectivity index (χ0n) is 27.0. The van der Waals surface area contributed by atoms with Crippen LogP contribution in [0.1, 0.15) is 0 Å². The van der Waals surface area contributed by atoms with Crippen LogP contribution in [0, 0.1) is 0 Å². The molecule has 10 aromatic rings. The van der Waals surface area contributed by atoms with Gasteiger partial charge in [-0.2, -0.15) is 0 Å². The van der Waals surface area contributed by atoms with Gasteiger partial charge in [0.1, 0.15) is 0 Å². The van der Waals surface area contributed by atoms with Gasteiger partial charge >= 0.3 is 0 Å². The number of rotatable bonds is 5. The quantitative estimate of drug-likeness (QED) is 0.185. The number of fused-ring (bicyclic) bond motifs is 6. The van der Waals surface area contributed by atoms with Crippen molar-refractivity contribution in [1.82, 2.24) is 14.5 Å². The Hall–Kier alpha value is -6.36. The summed E-state index contributed by atoms with van der Waals surface area (Å²) in [5.74, 6) is 0. The summed E-state index contributed by atoms with van der Waals surface area (Å²) in [7, 11) is 0. The third kappa shape index (κ3) is 4.65. The number of benzene rings is 6. The van der Waals surface area contributed by atoms with Gasteiger partial charge in [-0.15, -0.1) is 11.3 Å². The van der Waals surface area contributed by atoms with Crippen molar-refractivity contribution in [1.29, 1.82) is 0 Å². The first kappa shape index (κ1) is 28.6. The maximum Gasteiger partial charge on any atom is 0.0708 e. The molecule has 4 heterocycles. The monoisotopic (exact) mass is 655 g/mol. The van der Waals surface area contributed by atoms with E-state index in [4.69, 9.17) is 9.97 Å². The largest absolute Gasteiger partial charge is 0.309 e. The molecule has 0 radical (unpaired) electrons. The Morgan fingerprint density at radius 3 is 1.48 bits per heavy atom. The van der Waals surface area contributed by atoms with Gasteiger partial charge in [-0.05, 0) is 95.1 Å². The Kier molecular flexibility index (Phi) is 6.68. The molecular weight excluding hydrogens is 627 g/mol. The van der Waals surface area contributed by atoms with E-state index in [0.29, 0.717) is 0 Å². The number of thiophene rings is 1. The van der Waals surface area contributed by atoms with Gasteiger partial charge in [0.25, 0.3) is 0 Å². The number of hydrogen-bond acceptors (Lipinski definition) is 3. The molecule has 4 heteroatoms. The fraction of sp³-hybridized carbons (Fsp3) is 0. The lowest BCUT2D eigenvalue weighted by Crippen LogP contribution is -1.94. The van der Waals surface area contributed by atoms with Gasteiger partial charge in [0.05, 0.1) is 22.4 Å². The maximum atomic E-state index is 4.70. The predicted molar refractivity (Wildman–Crippen MR) is 211 cm³/mol. The van der Waals surface area contributed by atoms with Crippen molar-refractivity contribution in [3.05, 3.63) is 176 Å². The fourth-order valence-electron chi connectivity index (χ4n) is 7.45. The molecule has 0 saturated carbocycles. The molecule has 234 valence electrons. The van der Waals surface area contributed by atoms with E-state index in [1.165, 1.54) is 42.0 Å². The van der Waals surface area contributed by atoms with Crippen molar-refractivity contribution in [2.24, 2.45) is 0 Å². The second-order valence-electron chi connectivity index (χ2n) is 12.6. The van der Waals surface area contributed by atoms with Crippen molar-refractivity contribution < 1.29 is 0 Å². The highest BCUT2D eigenvalue weighted by molar-refractivity contribution is 7.25. The maximum absolute atomic E-state index is 4.70. The first-order valence-electron chi connectivity index (χ1n) is 16.8. The molecule has 0 saturated heterocycles. The van der Waals surface area contributed by atoms with Crippen LogP contribution in [0.2, 0.25) is 0 Å². The van der Waals surface area contributed by atoms with Crippen molar-refractivity contribution in [2.75, 3.05) is 0 Å². The van der Waals surface area contributed by atoms with Gasteiger partial charge in [0.15, 0.2) is 0 Å². The van der Waals surface area contributed by atoms with Gasteiger partial charge in [-0.25, -0.2) is 0 Å². The Bertz CT molecular complexity index is 2730. The van der Waals surface area contributed by atoms with Gasteiger partial charge in [0.2, 0.25) is 0 Å². The normalized spacial score (nSPS) is 11.6. The molecule has 0 aliphatic carbocycles. The summed E-state index contributed by atoms with van der Waals surface area (Å²) in [6.07, 6.45) is 3.72. The second-order valence-corrected chi connectivity index (χ2v) is 13.7. The van der Waals surface area contributed by atoms with Gasteiger partial charge in [-0.3, -0.25) is 9.97 Å². The van der Waals surface area contributed by atoms with Gasteiger partial charge < -0.3 is 4.57 Å². The molecule has 0 unspecified atom stereocenters. The minimum Gasteiger partial charge on any atom is -0.309 e. The molecule has 0 fully saturated rings. The summed E-state index contributed by atoms with van der Waals surface area (Å²) in [6, 6.07) is 58.8. The fourth-order valence-corrected chi connectivity index (χ4v) is 8.54. The average molecular weight is 656 g/mol.